The van der Waals surface area contributed by atoms with Gasteiger partial charge in [-0.05, 0) is 49.5 Å². The van der Waals surface area contributed by atoms with Crippen LogP contribution in [0.2, 0.25) is 0 Å². The van der Waals surface area contributed by atoms with Gasteiger partial charge in [0.2, 0.25) is 5.91 Å². The molecule has 0 radical (unpaired) electrons. The van der Waals surface area contributed by atoms with Crippen LogP contribution in [0.1, 0.15) is 17.4 Å². The van der Waals surface area contributed by atoms with Crippen molar-refractivity contribution in [2.24, 2.45) is 0 Å². The number of benzene rings is 1. The molecule has 0 aliphatic heterocycles. The number of nitrogens with zero attached hydrogens (tertiary/aromatic N) is 1. The topological polar surface area (TPSA) is 41.6 Å². The van der Waals surface area contributed by atoms with Gasteiger partial charge in [0.1, 0.15) is 5.75 Å². The highest BCUT2D eigenvalue weighted by Gasteiger charge is 2.17. The van der Waals surface area contributed by atoms with E-state index in [1.54, 1.807) is 18.4 Å². The Morgan fingerprint density at radius 2 is 2.17 bits per heavy atom. The molecule has 124 valence electrons. The van der Waals surface area contributed by atoms with Crippen molar-refractivity contribution < 1.29 is 9.53 Å². The van der Waals surface area contributed by atoms with Crippen LogP contribution in [0.15, 0.2) is 41.8 Å². The van der Waals surface area contributed by atoms with Gasteiger partial charge in [0.15, 0.2) is 0 Å². The van der Waals surface area contributed by atoms with E-state index in [2.05, 4.69) is 16.8 Å². The van der Waals surface area contributed by atoms with Gasteiger partial charge in [-0.25, -0.2) is 0 Å². The van der Waals surface area contributed by atoms with Crippen LogP contribution in [0, 0.1) is 0 Å². The number of hydrogen-bond acceptors (Lipinski definition) is 4. The molecule has 1 unspecified atom stereocenters. The van der Waals surface area contributed by atoms with E-state index in [1.165, 1.54) is 4.88 Å². The molecule has 1 aromatic carbocycles. The first-order valence-electron chi connectivity index (χ1n) is 7.73. The van der Waals surface area contributed by atoms with Crippen molar-refractivity contribution >= 4 is 17.2 Å². The molecular weight excluding hydrogens is 308 g/mol. The molecule has 0 saturated heterocycles. The van der Waals surface area contributed by atoms with Crippen LogP contribution in [0.4, 0.5) is 0 Å². The molecule has 1 atom stereocenters. The second-order valence-electron chi connectivity index (χ2n) is 5.56. The summed E-state index contributed by atoms with van der Waals surface area (Å²) in [5.74, 6) is 0.899. The fourth-order valence-corrected chi connectivity index (χ4v) is 3.02. The van der Waals surface area contributed by atoms with Gasteiger partial charge in [-0.1, -0.05) is 18.2 Å². The maximum atomic E-state index is 12.3. The van der Waals surface area contributed by atoms with Crippen molar-refractivity contribution in [1.82, 2.24) is 10.2 Å². The second-order valence-corrected chi connectivity index (χ2v) is 6.60. The van der Waals surface area contributed by atoms with Gasteiger partial charge >= 0.3 is 0 Å². The molecule has 0 spiro atoms. The lowest BCUT2D eigenvalue weighted by atomic mass is 10.1. The van der Waals surface area contributed by atoms with Crippen molar-refractivity contribution in [1.29, 1.82) is 0 Å². The van der Waals surface area contributed by atoms with Crippen molar-refractivity contribution in [3.63, 3.8) is 0 Å². The minimum absolute atomic E-state index is 0.0620. The SMILES string of the molecule is COc1cccc(CN(C)C(C)C(=O)NCCc2cccs2)c1. The predicted molar refractivity (Wildman–Crippen MR) is 95.0 cm³/mol. The first kappa shape index (κ1) is 17.5. The molecule has 23 heavy (non-hydrogen) atoms. The molecular formula is C18H24N2O2S. The summed E-state index contributed by atoms with van der Waals surface area (Å²) >= 11 is 1.72. The summed E-state index contributed by atoms with van der Waals surface area (Å²) in [5, 5.41) is 5.07. The molecule has 1 N–H and O–H groups in total. The third-order valence-corrected chi connectivity index (χ3v) is 4.79. The maximum absolute atomic E-state index is 12.3. The predicted octanol–water partition coefficient (Wildman–Crippen LogP) is 2.94. The number of hydrogen-bond donors (Lipinski definition) is 1. The van der Waals surface area contributed by atoms with E-state index in [-0.39, 0.29) is 11.9 Å². The third-order valence-electron chi connectivity index (χ3n) is 3.86. The van der Waals surface area contributed by atoms with Gasteiger partial charge in [-0.3, -0.25) is 9.69 Å². The van der Waals surface area contributed by atoms with Gasteiger partial charge in [0.25, 0.3) is 0 Å². The summed E-state index contributed by atoms with van der Waals surface area (Å²) in [6.07, 6.45) is 0.885. The monoisotopic (exact) mass is 332 g/mol. The molecule has 1 heterocycles. The summed E-state index contributed by atoms with van der Waals surface area (Å²) in [7, 11) is 3.62. The van der Waals surface area contributed by atoms with Gasteiger partial charge in [-0.15, -0.1) is 11.3 Å². The molecule has 2 aromatic rings. The Hall–Kier alpha value is -1.85. The molecule has 1 aromatic heterocycles. The number of amides is 1. The summed E-state index contributed by atoms with van der Waals surface area (Å²) < 4.78 is 5.24. The van der Waals surface area contributed by atoms with Gasteiger partial charge in [-0.2, -0.15) is 0 Å². The number of methoxy groups -OCH3 is 1. The first-order valence-corrected chi connectivity index (χ1v) is 8.61. The largest absolute Gasteiger partial charge is 0.497 e. The van der Waals surface area contributed by atoms with Crippen LogP contribution < -0.4 is 10.1 Å². The second kappa shape index (κ2) is 8.70. The third kappa shape index (κ3) is 5.37. The molecule has 2 rings (SSSR count). The van der Waals surface area contributed by atoms with Crippen molar-refractivity contribution in [2.45, 2.75) is 25.9 Å². The summed E-state index contributed by atoms with van der Waals surface area (Å²) in [6, 6.07) is 11.9. The maximum Gasteiger partial charge on any atom is 0.237 e. The summed E-state index contributed by atoms with van der Waals surface area (Å²) in [6.45, 7) is 3.31. The number of rotatable bonds is 8. The molecule has 0 aliphatic carbocycles. The van der Waals surface area contributed by atoms with E-state index in [0.717, 1.165) is 17.7 Å². The quantitative estimate of drug-likeness (QED) is 0.808. The Bertz CT molecular complexity index is 613. The zero-order chi connectivity index (χ0) is 16.7. The smallest absolute Gasteiger partial charge is 0.237 e. The fraction of sp³-hybridized carbons (Fsp3) is 0.389. The fourth-order valence-electron chi connectivity index (χ4n) is 2.31. The van der Waals surface area contributed by atoms with E-state index in [0.29, 0.717) is 13.1 Å². The van der Waals surface area contributed by atoms with E-state index >= 15 is 0 Å². The Labute approximate surface area is 142 Å². The lowest BCUT2D eigenvalue weighted by Gasteiger charge is -2.24. The minimum atomic E-state index is -0.176. The summed E-state index contributed by atoms with van der Waals surface area (Å²) in [4.78, 5) is 15.6. The molecule has 1 amide bonds. The highest BCUT2D eigenvalue weighted by molar-refractivity contribution is 7.09. The minimum Gasteiger partial charge on any atom is -0.497 e. The molecule has 0 fully saturated rings. The average Bonchev–Trinajstić information content (AvgIpc) is 3.07. The normalized spacial score (nSPS) is 12.2. The Kier molecular flexibility index (Phi) is 6.62. The van der Waals surface area contributed by atoms with Gasteiger partial charge in [0.05, 0.1) is 13.2 Å². The Morgan fingerprint density at radius 1 is 1.35 bits per heavy atom. The zero-order valence-corrected chi connectivity index (χ0v) is 14.7. The van der Waals surface area contributed by atoms with E-state index in [4.69, 9.17) is 4.74 Å². The summed E-state index contributed by atoms with van der Waals surface area (Å²) in [5.41, 5.74) is 1.13. The Morgan fingerprint density at radius 3 is 2.87 bits per heavy atom. The number of thiophene rings is 1. The highest BCUT2D eigenvalue weighted by atomic mass is 32.1. The number of carbonyl (C=O) groups is 1. The lowest BCUT2D eigenvalue weighted by molar-refractivity contribution is -0.125. The van der Waals surface area contributed by atoms with E-state index in [1.807, 2.05) is 49.2 Å². The standard InChI is InChI=1S/C18H24N2O2S/c1-14(18(21)19-10-9-17-8-5-11-23-17)20(2)13-15-6-4-7-16(12-15)22-3/h4-8,11-12,14H,9-10,13H2,1-3H3,(H,19,21). The molecule has 5 heteroatoms. The van der Waals surface area contributed by atoms with E-state index in [9.17, 15) is 4.79 Å². The molecule has 0 bridgehead atoms. The van der Waals surface area contributed by atoms with Crippen LogP contribution >= 0.6 is 11.3 Å². The molecule has 0 aliphatic rings. The average molecular weight is 332 g/mol. The number of carbonyl (C=O) groups excluding carboxylic acids is 1. The Balaban J connectivity index is 1.80. The lowest BCUT2D eigenvalue weighted by Crippen LogP contribution is -2.43. The highest BCUT2D eigenvalue weighted by Crippen LogP contribution is 2.15. The van der Waals surface area contributed by atoms with Crippen molar-refractivity contribution in [2.75, 3.05) is 20.7 Å². The van der Waals surface area contributed by atoms with Crippen LogP contribution in [-0.4, -0.2) is 37.6 Å². The first-order chi connectivity index (χ1) is 11.1. The number of nitrogens with one attached hydrogen (secondary N) is 1. The number of likely N-dealkylation sites (N-methyl/N-ethyl adjacent to an activating group) is 1. The van der Waals surface area contributed by atoms with Crippen LogP contribution in [0.3, 0.4) is 0 Å². The zero-order valence-electron chi connectivity index (χ0n) is 13.9. The van der Waals surface area contributed by atoms with Crippen molar-refractivity contribution in [3.8, 4) is 5.75 Å². The van der Waals surface area contributed by atoms with Crippen LogP contribution in [0.5, 0.6) is 5.75 Å². The van der Waals surface area contributed by atoms with Gasteiger partial charge < -0.3 is 10.1 Å². The molecule has 4 nitrogen and oxygen atoms in total. The van der Waals surface area contributed by atoms with Gasteiger partial charge in [0, 0.05) is 18.0 Å². The number of ether oxygens (including phenoxy) is 1. The van der Waals surface area contributed by atoms with Crippen molar-refractivity contribution in [3.05, 3.63) is 52.2 Å². The van der Waals surface area contributed by atoms with Crippen LogP contribution in [0.25, 0.3) is 0 Å². The van der Waals surface area contributed by atoms with E-state index < -0.39 is 0 Å². The molecule has 0 saturated carbocycles. The van der Waals surface area contributed by atoms with Crippen LogP contribution in [-0.2, 0) is 17.8 Å².